The summed E-state index contributed by atoms with van der Waals surface area (Å²) in [5, 5.41) is 0. The highest BCUT2D eigenvalue weighted by Crippen LogP contribution is 2.33. The average molecular weight is 239 g/mol. The normalized spacial score (nSPS) is 22.6. The van der Waals surface area contributed by atoms with E-state index in [9.17, 15) is 4.79 Å². The topological polar surface area (TPSA) is 29.5 Å². The maximum atomic E-state index is 11.5. The van der Waals surface area contributed by atoms with Crippen molar-refractivity contribution in [3.8, 4) is 0 Å². The number of rotatable bonds is 3. The van der Waals surface area contributed by atoms with E-state index in [1.165, 1.54) is 16.9 Å². The summed E-state index contributed by atoms with van der Waals surface area (Å²) in [6.07, 6.45) is 0.918. The molecule has 1 saturated heterocycles. The molecule has 0 aromatic carbocycles. The highest BCUT2D eigenvalue weighted by Gasteiger charge is 2.38. The number of carbonyl (C=O) groups is 1. The quantitative estimate of drug-likeness (QED) is 0.758. The second-order valence-electron chi connectivity index (χ2n) is 4.19. The minimum Gasteiger partial charge on any atom is -0.468 e. The highest BCUT2D eigenvalue weighted by molar-refractivity contribution is 7.12. The summed E-state index contributed by atoms with van der Waals surface area (Å²) in [5.74, 6) is -0.105. The van der Waals surface area contributed by atoms with Gasteiger partial charge in [0.15, 0.2) is 0 Å². The molecule has 16 heavy (non-hydrogen) atoms. The molecule has 2 heterocycles. The van der Waals surface area contributed by atoms with Gasteiger partial charge in [-0.25, -0.2) is 0 Å². The third-order valence-electron chi connectivity index (χ3n) is 3.20. The van der Waals surface area contributed by atoms with Crippen LogP contribution in [0.25, 0.3) is 0 Å². The van der Waals surface area contributed by atoms with Crippen LogP contribution < -0.4 is 0 Å². The number of ether oxygens (including phenoxy) is 1. The Labute approximate surface area is 100 Å². The Bertz CT molecular complexity index is 388. The number of hydrogen-bond acceptors (Lipinski definition) is 4. The van der Waals surface area contributed by atoms with E-state index in [2.05, 4.69) is 30.9 Å². The summed E-state index contributed by atoms with van der Waals surface area (Å²) in [6, 6.07) is 4.56. The lowest BCUT2D eigenvalue weighted by Crippen LogP contribution is -2.53. The Hall–Kier alpha value is -0.870. The summed E-state index contributed by atoms with van der Waals surface area (Å²) in [4.78, 5) is 16.3. The van der Waals surface area contributed by atoms with Crippen molar-refractivity contribution in [3.63, 3.8) is 0 Å². The van der Waals surface area contributed by atoms with Gasteiger partial charge in [0.2, 0.25) is 0 Å². The van der Waals surface area contributed by atoms with Crippen LogP contribution >= 0.6 is 11.3 Å². The molecule has 1 aromatic rings. The Kier molecular flexibility index (Phi) is 3.30. The van der Waals surface area contributed by atoms with Crippen molar-refractivity contribution in [1.82, 2.24) is 4.90 Å². The highest BCUT2D eigenvalue weighted by atomic mass is 32.1. The van der Waals surface area contributed by atoms with Crippen LogP contribution in [0.15, 0.2) is 12.1 Å². The number of carbonyl (C=O) groups excluding carboxylic acids is 1. The van der Waals surface area contributed by atoms with E-state index in [0.717, 1.165) is 13.0 Å². The molecule has 88 valence electrons. The van der Waals surface area contributed by atoms with Gasteiger partial charge in [-0.05, 0) is 32.4 Å². The molecule has 0 saturated carbocycles. The fraction of sp³-hybridized carbons (Fsp3) is 0.583. The van der Waals surface area contributed by atoms with Gasteiger partial charge in [0, 0.05) is 22.3 Å². The van der Waals surface area contributed by atoms with Gasteiger partial charge < -0.3 is 4.74 Å². The fourth-order valence-corrected chi connectivity index (χ4v) is 3.05. The van der Waals surface area contributed by atoms with Crippen molar-refractivity contribution >= 4 is 17.3 Å². The Morgan fingerprint density at radius 3 is 2.81 bits per heavy atom. The van der Waals surface area contributed by atoms with E-state index in [0.29, 0.717) is 6.04 Å². The molecular formula is C12H17NO2S. The van der Waals surface area contributed by atoms with Crippen LogP contribution in [0.4, 0.5) is 0 Å². The number of methoxy groups -OCH3 is 1. The van der Waals surface area contributed by atoms with E-state index < -0.39 is 0 Å². The van der Waals surface area contributed by atoms with Gasteiger partial charge in [-0.15, -0.1) is 11.3 Å². The predicted molar refractivity (Wildman–Crippen MR) is 64.6 cm³/mol. The van der Waals surface area contributed by atoms with Crippen molar-refractivity contribution in [3.05, 3.63) is 21.9 Å². The van der Waals surface area contributed by atoms with Crippen LogP contribution in [0.1, 0.15) is 29.1 Å². The van der Waals surface area contributed by atoms with Crippen molar-refractivity contribution in [2.24, 2.45) is 0 Å². The molecule has 1 aromatic heterocycles. The molecule has 0 aliphatic carbocycles. The van der Waals surface area contributed by atoms with Crippen LogP contribution in [-0.4, -0.2) is 30.6 Å². The predicted octanol–water partition coefficient (Wildman–Crippen LogP) is 2.36. The summed E-state index contributed by atoms with van der Waals surface area (Å²) >= 11 is 1.80. The van der Waals surface area contributed by atoms with Gasteiger partial charge in [0.25, 0.3) is 0 Å². The summed E-state index contributed by atoms with van der Waals surface area (Å²) < 4.78 is 4.80. The van der Waals surface area contributed by atoms with Crippen molar-refractivity contribution in [2.45, 2.75) is 32.4 Å². The molecule has 3 nitrogen and oxygen atoms in total. The van der Waals surface area contributed by atoms with Gasteiger partial charge >= 0.3 is 5.97 Å². The lowest BCUT2D eigenvalue weighted by Gasteiger charge is -2.42. The Balaban J connectivity index is 2.05. The lowest BCUT2D eigenvalue weighted by molar-refractivity contribution is -0.153. The molecule has 0 amide bonds. The van der Waals surface area contributed by atoms with E-state index in [1.807, 2.05) is 0 Å². The molecule has 1 aliphatic heterocycles. The molecule has 1 aliphatic rings. The van der Waals surface area contributed by atoms with Gasteiger partial charge in [-0.3, -0.25) is 9.69 Å². The summed E-state index contributed by atoms with van der Waals surface area (Å²) in [7, 11) is 1.46. The largest absolute Gasteiger partial charge is 0.468 e. The van der Waals surface area contributed by atoms with E-state index in [4.69, 9.17) is 4.74 Å². The first-order valence-corrected chi connectivity index (χ1v) is 6.35. The molecule has 0 radical (unpaired) electrons. The number of hydrogen-bond donors (Lipinski definition) is 0. The third kappa shape index (κ3) is 1.99. The van der Waals surface area contributed by atoms with E-state index in [1.54, 1.807) is 11.3 Å². The second-order valence-corrected chi connectivity index (χ2v) is 5.51. The molecule has 0 spiro atoms. The van der Waals surface area contributed by atoms with Gasteiger partial charge in [-0.1, -0.05) is 0 Å². The number of nitrogens with zero attached hydrogens (tertiary/aromatic N) is 1. The maximum absolute atomic E-state index is 11.5. The van der Waals surface area contributed by atoms with Crippen molar-refractivity contribution in [2.75, 3.05) is 13.7 Å². The molecule has 2 unspecified atom stereocenters. The van der Waals surface area contributed by atoms with Crippen LogP contribution in [0.3, 0.4) is 0 Å². The number of thiophene rings is 1. The molecule has 0 N–H and O–H groups in total. The molecule has 2 atom stereocenters. The fourth-order valence-electron chi connectivity index (χ4n) is 2.10. The van der Waals surface area contributed by atoms with Crippen LogP contribution in [0, 0.1) is 6.92 Å². The number of likely N-dealkylation sites (tertiary alicyclic amines) is 1. The summed E-state index contributed by atoms with van der Waals surface area (Å²) in [6.45, 7) is 5.24. The first-order chi connectivity index (χ1) is 7.63. The van der Waals surface area contributed by atoms with E-state index >= 15 is 0 Å². The minimum atomic E-state index is -0.105. The molecule has 0 bridgehead atoms. The zero-order valence-electron chi connectivity index (χ0n) is 9.90. The van der Waals surface area contributed by atoms with Crippen molar-refractivity contribution < 1.29 is 9.53 Å². The van der Waals surface area contributed by atoms with Gasteiger partial charge in [0.1, 0.15) is 6.04 Å². The molecule has 1 fully saturated rings. The third-order valence-corrected chi connectivity index (χ3v) is 4.38. The zero-order valence-corrected chi connectivity index (χ0v) is 10.7. The van der Waals surface area contributed by atoms with Gasteiger partial charge in [0.05, 0.1) is 7.11 Å². The molecule has 4 heteroatoms. The van der Waals surface area contributed by atoms with Crippen LogP contribution in [0.2, 0.25) is 0 Å². The second kappa shape index (κ2) is 4.55. The molecular weight excluding hydrogens is 222 g/mol. The monoisotopic (exact) mass is 239 g/mol. The zero-order chi connectivity index (χ0) is 11.7. The average Bonchev–Trinajstić information content (AvgIpc) is 2.63. The number of esters is 1. The Morgan fingerprint density at radius 2 is 2.38 bits per heavy atom. The van der Waals surface area contributed by atoms with Crippen LogP contribution in [0.5, 0.6) is 0 Å². The lowest BCUT2D eigenvalue weighted by atomic mass is 10.00. The summed E-state index contributed by atoms with van der Waals surface area (Å²) in [5.41, 5.74) is 0. The first kappa shape index (κ1) is 11.6. The SMILES string of the molecule is COC(=O)C1CCN1C(C)c1ccc(C)s1. The number of aryl methyl sites for hydroxylation is 1. The maximum Gasteiger partial charge on any atom is 0.323 e. The Morgan fingerprint density at radius 1 is 1.62 bits per heavy atom. The minimum absolute atomic E-state index is 0.0394. The van der Waals surface area contributed by atoms with E-state index in [-0.39, 0.29) is 12.0 Å². The first-order valence-electron chi connectivity index (χ1n) is 5.53. The van der Waals surface area contributed by atoms with Gasteiger partial charge in [-0.2, -0.15) is 0 Å². The molecule has 2 rings (SSSR count). The standard InChI is InChI=1S/C12H17NO2S/c1-8-4-5-11(16-8)9(2)13-7-6-10(13)12(14)15-3/h4-5,9-10H,6-7H2,1-3H3. The smallest absolute Gasteiger partial charge is 0.323 e. The van der Waals surface area contributed by atoms with Crippen molar-refractivity contribution in [1.29, 1.82) is 0 Å². The van der Waals surface area contributed by atoms with Crippen LogP contribution in [-0.2, 0) is 9.53 Å².